The number of rotatable bonds is 0. The summed E-state index contributed by atoms with van der Waals surface area (Å²) in [6.07, 6.45) is 6.30. The van der Waals surface area contributed by atoms with Gasteiger partial charge in [0.25, 0.3) is 0 Å². The van der Waals surface area contributed by atoms with Crippen molar-refractivity contribution in [2.75, 3.05) is 5.73 Å². The first-order chi connectivity index (χ1) is 10.2. The third kappa shape index (κ3) is 1.70. The van der Waals surface area contributed by atoms with Crippen molar-refractivity contribution in [1.29, 1.82) is 0 Å². The van der Waals surface area contributed by atoms with Crippen LogP contribution in [-0.2, 0) is 10.3 Å². The first-order valence-electron chi connectivity index (χ1n) is 6.58. The zero-order valence-electron chi connectivity index (χ0n) is 11.1. The lowest BCUT2D eigenvalue weighted by atomic mass is 9.80. The Kier molecular flexibility index (Phi) is 2.44. The summed E-state index contributed by atoms with van der Waals surface area (Å²) in [7, 11) is 0. The van der Waals surface area contributed by atoms with Crippen molar-refractivity contribution in [3.63, 3.8) is 0 Å². The molecule has 0 aliphatic carbocycles. The monoisotopic (exact) mass is 282 g/mol. The second kappa shape index (κ2) is 4.21. The number of hydrogen-bond acceptors (Lipinski definition) is 6. The SMILES string of the molecule is Nc1ccc2c(c1)C1(C=COC(N)N1)c1ccncc1O2. The number of nitrogen functional groups attached to an aromatic ring is 1. The van der Waals surface area contributed by atoms with Gasteiger partial charge in [-0.25, -0.2) is 0 Å². The summed E-state index contributed by atoms with van der Waals surface area (Å²) < 4.78 is 11.2. The molecule has 6 heteroatoms. The minimum absolute atomic E-state index is 0.622. The molecule has 0 amide bonds. The topological polar surface area (TPSA) is 95.4 Å². The Hall–Kier alpha value is -2.57. The lowest BCUT2D eigenvalue weighted by Gasteiger charge is -2.41. The quantitative estimate of drug-likeness (QED) is 0.632. The lowest BCUT2D eigenvalue weighted by Crippen LogP contribution is -2.55. The van der Waals surface area contributed by atoms with Crippen LogP contribution in [0.2, 0.25) is 0 Å². The summed E-state index contributed by atoms with van der Waals surface area (Å²) in [5.74, 6) is 1.40. The normalized spacial score (nSPS) is 25.7. The fourth-order valence-corrected chi connectivity index (χ4v) is 2.86. The van der Waals surface area contributed by atoms with E-state index in [0.29, 0.717) is 11.4 Å². The molecule has 0 saturated carbocycles. The fourth-order valence-electron chi connectivity index (χ4n) is 2.86. The molecule has 2 atom stereocenters. The van der Waals surface area contributed by atoms with Crippen LogP contribution in [0.4, 0.5) is 5.69 Å². The minimum atomic E-state index is -0.640. The molecule has 5 N–H and O–H groups in total. The van der Waals surface area contributed by atoms with Crippen LogP contribution < -0.4 is 21.5 Å². The van der Waals surface area contributed by atoms with E-state index in [1.165, 1.54) is 0 Å². The van der Waals surface area contributed by atoms with E-state index in [9.17, 15) is 0 Å². The van der Waals surface area contributed by atoms with Gasteiger partial charge in [0.15, 0.2) is 5.75 Å². The van der Waals surface area contributed by atoms with Gasteiger partial charge in [-0.15, -0.1) is 0 Å². The Morgan fingerprint density at radius 3 is 2.95 bits per heavy atom. The van der Waals surface area contributed by atoms with Crippen LogP contribution in [0.15, 0.2) is 49.0 Å². The van der Waals surface area contributed by atoms with Gasteiger partial charge in [-0.05, 0) is 30.3 Å². The smallest absolute Gasteiger partial charge is 0.204 e. The van der Waals surface area contributed by atoms with Crippen LogP contribution in [0, 0.1) is 0 Å². The van der Waals surface area contributed by atoms with Gasteiger partial charge in [0.05, 0.1) is 12.5 Å². The van der Waals surface area contributed by atoms with Gasteiger partial charge in [0.1, 0.15) is 11.3 Å². The van der Waals surface area contributed by atoms with Gasteiger partial charge in [0, 0.05) is 23.0 Å². The Morgan fingerprint density at radius 1 is 1.19 bits per heavy atom. The molecule has 2 aliphatic heterocycles. The van der Waals surface area contributed by atoms with Crippen LogP contribution in [0.3, 0.4) is 0 Å². The molecule has 6 nitrogen and oxygen atoms in total. The van der Waals surface area contributed by atoms with E-state index in [0.717, 1.165) is 16.9 Å². The number of nitrogens with zero attached hydrogens (tertiary/aromatic N) is 1. The first kappa shape index (κ1) is 12.2. The van der Waals surface area contributed by atoms with E-state index >= 15 is 0 Å². The summed E-state index contributed by atoms with van der Waals surface area (Å²) >= 11 is 0. The highest BCUT2D eigenvalue weighted by Crippen LogP contribution is 2.48. The van der Waals surface area contributed by atoms with Gasteiger partial charge in [-0.3, -0.25) is 16.0 Å². The van der Waals surface area contributed by atoms with E-state index in [2.05, 4.69) is 10.3 Å². The summed E-state index contributed by atoms with van der Waals surface area (Å²) in [5, 5.41) is 3.28. The Labute approximate surface area is 121 Å². The molecule has 2 unspecified atom stereocenters. The Balaban J connectivity index is 2.03. The van der Waals surface area contributed by atoms with Crippen LogP contribution >= 0.6 is 0 Å². The third-order valence-electron chi connectivity index (χ3n) is 3.77. The summed E-state index contributed by atoms with van der Waals surface area (Å²) in [6.45, 7) is 0. The molecule has 0 radical (unpaired) electrons. The first-order valence-corrected chi connectivity index (χ1v) is 6.58. The molecule has 2 aromatic rings. The van der Waals surface area contributed by atoms with Crippen LogP contribution in [0.25, 0.3) is 0 Å². The molecule has 3 heterocycles. The number of pyridine rings is 1. The molecular formula is C15H14N4O2. The zero-order valence-corrected chi connectivity index (χ0v) is 11.1. The summed E-state index contributed by atoms with van der Waals surface area (Å²) in [6, 6.07) is 7.43. The number of hydrogen-bond donors (Lipinski definition) is 3. The highest BCUT2D eigenvalue weighted by molar-refractivity contribution is 5.62. The Morgan fingerprint density at radius 2 is 2.10 bits per heavy atom. The predicted octanol–water partition coefficient (Wildman–Crippen LogP) is 1.39. The number of ether oxygens (including phenoxy) is 2. The molecule has 106 valence electrons. The Bertz CT molecular complexity index is 746. The van der Waals surface area contributed by atoms with Crippen molar-refractivity contribution >= 4 is 5.69 Å². The number of anilines is 1. The van der Waals surface area contributed by atoms with E-state index in [-0.39, 0.29) is 0 Å². The minimum Gasteiger partial charge on any atom is -0.470 e. The fraction of sp³-hybridized carbons (Fsp3) is 0.133. The zero-order chi connectivity index (χ0) is 14.4. The van der Waals surface area contributed by atoms with Gasteiger partial charge >= 0.3 is 0 Å². The number of benzene rings is 1. The van der Waals surface area contributed by atoms with Crippen molar-refractivity contribution in [1.82, 2.24) is 10.3 Å². The van der Waals surface area contributed by atoms with Crippen molar-refractivity contribution in [2.45, 2.75) is 11.9 Å². The lowest BCUT2D eigenvalue weighted by molar-refractivity contribution is 0.0740. The van der Waals surface area contributed by atoms with Crippen molar-refractivity contribution in [3.05, 3.63) is 60.1 Å². The second-order valence-electron chi connectivity index (χ2n) is 5.04. The molecule has 21 heavy (non-hydrogen) atoms. The second-order valence-corrected chi connectivity index (χ2v) is 5.04. The largest absolute Gasteiger partial charge is 0.470 e. The summed E-state index contributed by atoms with van der Waals surface area (Å²) in [5.41, 5.74) is 13.7. The van der Waals surface area contributed by atoms with Crippen molar-refractivity contribution in [2.24, 2.45) is 5.73 Å². The average Bonchev–Trinajstić information content (AvgIpc) is 2.49. The highest BCUT2D eigenvalue weighted by atomic mass is 16.5. The number of fused-ring (bicyclic) bond motifs is 4. The molecule has 4 rings (SSSR count). The highest BCUT2D eigenvalue weighted by Gasteiger charge is 2.43. The number of nitrogens with two attached hydrogens (primary N) is 2. The van der Waals surface area contributed by atoms with Gasteiger partial charge in [-0.1, -0.05) is 0 Å². The maximum absolute atomic E-state index is 5.94. The molecule has 0 saturated heterocycles. The summed E-state index contributed by atoms with van der Waals surface area (Å²) in [4.78, 5) is 4.12. The standard InChI is InChI=1S/C15H14N4O2/c16-9-1-2-12-11(7-9)15(4-6-20-14(17)19-15)10-3-5-18-8-13(10)21-12/h1-8,14,19H,16-17H2. The molecule has 0 bridgehead atoms. The van der Waals surface area contributed by atoms with E-state index in [1.54, 1.807) is 24.7 Å². The van der Waals surface area contributed by atoms with E-state index in [1.807, 2.05) is 24.3 Å². The molecule has 2 aliphatic rings. The van der Waals surface area contributed by atoms with Gasteiger partial charge in [-0.2, -0.15) is 0 Å². The maximum Gasteiger partial charge on any atom is 0.204 e. The van der Waals surface area contributed by atoms with Gasteiger partial charge in [0.2, 0.25) is 6.35 Å². The van der Waals surface area contributed by atoms with Gasteiger partial charge < -0.3 is 15.2 Å². The number of aromatic nitrogens is 1. The van der Waals surface area contributed by atoms with Crippen LogP contribution in [0.1, 0.15) is 11.1 Å². The van der Waals surface area contributed by atoms with E-state index < -0.39 is 11.9 Å². The van der Waals surface area contributed by atoms with Crippen molar-refractivity contribution < 1.29 is 9.47 Å². The molecule has 0 fully saturated rings. The molecule has 1 aromatic carbocycles. The van der Waals surface area contributed by atoms with E-state index in [4.69, 9.17) is 20.9 Å². The predicted molar refractivity (Wildman–Crippen MR) is 77.3 cm³/mol. The third-order valence-corrected chi connectivity index (χ3v) is 3.77. The maximum atomic E-state index is 5.94. The van der Waals surface area contributed by atoms with Crippen LogP contribution in [0.5, 0.6) is 11.5 Å². The van der Waals surface area contributed by atoms with Crippen LogP contribution in [-0.4, -0.2) is 11.3 Å². The average molecular weight is 282 g/mol. The van der Waals surface area contributed by atoms with Crippen molar-refractivity contribution in [3.8, 4) is 11.5 Å². The number of nitrogens with one attached hydrogen (secondary N) is 1. The molecule has 1 spiro atoms. The molecule has 1 aromatic heterocycles. The molecular weight excluding hydrogens is 268 g/mol.